The Morgan fingerprint density at radius 2 is 1.14 bits per heavy atom. The van der Waals surface area contributed by atoms with E-state index in [2.05, 4.69) is 0 Å². The molecule has 6 N–H and O–H groups in total. The van der Waals surface area contributed by atoms with Gasteiger partial charge in [-0.15, -0.1) is 0 Å². The standard InChI is InChI=1S/C7H14O7/c8-1-3(10)5(12)7(14)6(13)4(11)2-9/h3-6,8-13H,1-2H2/t3-,4+,5-,6-/m0/s1. The number of rotatable bonds is 6. The van der Waals surface area contributed by atoms with Gasteiger partial charge in [-0.1, -0.05) is 0 Å². The van der Waals surface area contributed by atoms with Gasteiger partial charge < -0.3 is 30.6 Å². The van der Waals surface area contributed by atoms with Gasteiger partial charge in [-0.05, 0) is 0 Å². The van der Waals surface area contributed by atoms with Gasteiger partial charge in [-0.2, -0.15) is 0 Å². The highest BCUT2D eigenvalue weighted by atomic mass is 16.4. The van der Waals surface area contributed by atoms with Crippen LogP contribution in [-0.4, -0.2) is 74.1 Å². The van der Waals surface area contributed by atoms with Crippen LogP contribution in [0.2, 0.25) is 0 Å². The lowest BCUT2D eigenvalue weighted by molar-refractivity contribution is -0.150. The molecule has 0 aliphatic heterocycles. The molecule has 4 atom stereocenters. The summed E-state index contributed by atoms with van der Waals surface area (Å²) in [6.45, 7) is -1.70. The number of carbonyl (C=O) groups is 1. The van der Waals surface area contributed by atoms with E-state index in [0.717, 1.165) is 0 Å². The molecule has 7 nitrogen and oxygen atoms in total. The first-order chi connectivity index (χ1) is 6.45. The van der Waals surface area contributed by atoms with E-state index in [1.807, 2.05) is 0 Å². The molecule has 14 heavy (non-hydrogen) atoms. The minimum atomic E-state index is -1.99. The van der Waals surface area contributed by atoms with Crippen LogP contribution in [0, 0.1) is 0 Å². The Labute approximate surface area is 79.9 Å². The summed E-state index contributed by atoms with van der Waals surface area (Å²) >= 11 is 0. The lowest BCUT2D eigenvalue weighted by atomic mass is 10.0. The highest BCUT2D eigenvalue weighted by molar-refractivity contribution is 5.88. The van der Waals surface area contributed by atoms with Gasteiger partial charge in [0.15, 0.2) is 5.78 Å². The SMILES string of the molecule is O=C([C@@H](O)[C@H](O)CO)[C@@H](O)[C@@H](O)CO. The molecule has 0 aromatic heterocycles. The Bertz CT molecular complexity index is 165. The van der Waals surface area contributed by atoms with Gasteiger partial charge >= 0.3 is 0 Å². The molecule has 0 heterocycles. The smallest absolute Gasteiger partial charge is 0.195 e. The normalized spacial score (nSPS) is 19.9. The third kappa shape index (κ3) is 3.29. The van der Waals surface area contributed by atoms with Gasteiger partial charge in [0.25, 0.3) is 0 Å². The molecule has 84 valence electrons. The van der Waals surface area contributed by atoms with Crippen molar-refractivity contribution in [1.82, 2.24) is 0 Å². The molecule has 0 aromatic rings. The fraction of sp³-hybridized carbons (Fsp3) is 0.857. The van der Waals surface area contributed by atoms with Crippen molar-refractivity contribution < 1.29 is 35.4 Å². The molecule has 0 aliphatic rings. The maximum Gasteiger partial charge on any atom is 0.195 e. The number of hydrogen-bond donors (Lipinski definition) is 6. The fourth-order valence-electron chi connectivity index (χ4n) is 0.754. The molecular weight excluding hydrogens is 196 g/mol. The van der Waals surface area contributed by atoms with E-state index < -0.39 is 43.4 Å². The Kier molecular flexibility index (Phi) is 5.77. The predicted octanol–water partition coefficient (Wildman–Crippen LogP) is -4.02. The van der Waals surface area contributed by atoms with Crippen molar-refractivity contribution in [1.29, 1.82) is 0 Å². The third-order valence-corrected chi connectivity index (χ3v) is 1.69. The lowest BCUT2D eigenvalue weighted by Gasteiger charge is -2.20. The number of hydrogen-bond acceptors (Lipinski definition) is 7. The van der Waals surface area contributed by atoms with Crippen molar-refractivity contribution in [2.45, 2.75) is 24.4 Å². The van der Waals surface area contributed by atoms with E-state index in [-0.39, 0.29) is 0 Å². The molecule has 0 bridgehead atoms. The van der Waals surface area contributed by atoms with Gasteiger partial charge in [0.05, 0.1) is 13.2 Å². The molecule has 0 aliphatic carbocycles. The van der Waals surface area contributed by atoms with Crippen LogP contribution in [0.3, 0.4) is 0 Å². The average molecular weight is 210 g/mol. The molecule has 0 fully saturated rings. The molecule has 0 saturated carbocycles. The lowest BCUT2D eigenvalue weighted by Crippen LogP contribution is -2.47. The van der Waals surface area contributed by atoms with Crippen LogP contribution in [0.25, 0.3) is 0 Å². The number of aliphatic hydroxyl groups excluding tert-OH is 6. The first-order valence-corrected chi connectivity index (χ1v) is 3.93. The largest absolute Gasteiger partial charge is 0.394 e. The zero-order chi connectivity index (χ0) is 11.3. The van der Waals surface area contributed by atoms with Gasteiger partial charge in [0, 0.05) is 0 Å². The predicted molar refractivity (Wildman–Crippen MR) is 43.2 cm³/mol. The second-order valence-electron chi connectivity index (χ2n) is 2.79. The molecule has 0 saturated heterocycles. The van der Waals surface area contributed by atoms with Crippen LogP contribution >= 0.6 is 0 Å². The average Bonchev–Trinajstić information content (AvgIpc) is 2.23. The third-order valence-electron chi connectivity index (χ3n) is 1.69. The van der Waals surface area contributed by atoms with Crippen molar-refractivity contribution in [2.75, 3.05) is 13.2 Å². The zero-order valence-corrected chi connectivity index (χ0v) is 7.32. The molecule has 0 amide bonds. The molecule has 0 unspecified atom stereocenters. The molecular formula is C7H14O7. The monoisotopic (exact) mass is 210 g/mol. The van der Waals surface area contributed by atoms with Gasteiger partial charge in [-0.3, -0.25) is 4.79 Å². The molecule has 0 radical (unpaired) electrons. The second-order valence-corrected chi connectivity index (χ2v) is 2.79. The molecule has 0 rings (SSSR count). The topological polar surface area (TPSA) is 138 Å². The fourth-order valence-corrected chi connectivity index (χ4v) is 0.754. The van der Waals surface area contributed by atoms with E-state index in [4.69, 9.17) is 30.6 Å². The first-order valence-electron chi connectivity index (χ1n) is 3.93. The first kappa shape index (κ1) is 13.4. The van der Waals surface area contributed by atoms with Crippen LogP contribution < -0.4 is 0 Å². The van der Waals surface area contributed by atoms with E-state index in [0.29, 0.717) is 0 Å². The van der Waals surface area contributed by atoms with Crippen LogP contribution in [0.5, 0.6) is 0 Å². The summed E-state index contributed by atoms with van der Waals surface area (Å²) in [5.74, 6) is -1.26. The molecule has 7 heteroatoms. The number of aliphatic hydroxyl groups is 6. The van der Waals surface area contributed by atoms with Crippen molar-refractivity contribution in [3.05, 3.63) is 0 Å². The van der Waals surface area contributed by atoms with E-state index in [1.54, 1.807) is 0 Å². The zero-order valence-electron chi connectivity index (χ0n) is 7.32. The summed E-state index contributed by atoms with van der Waals surface area (Å²) in [4.78, 5) is 11.0. The Morgan fingerprint density at radius 1 is 0.857 bits per heavy atom. The number of carbonyl (C=O) groups excluding carboxylic acids is 1. The van der Waals surface area contributed by atoms with E-state index in [1.165, 1.54) is 0 Å². The van der Waals surface area contributed by atoms with Gasteiger partial charge in [0.1, 0.15) is 24.4 Å². The summed E-state index contributed by atoms with van der Waals surface area (Å²) in [5, 5.41) is 52.4. The summed E-state index contributed by atoms with van der Waals surface area (Å²) in [6, 6.07) is 0. The van der Waals surface area contributed by atoms with Gasteiger partial charge in [-0.25, -0.2) is 0 Å². The van der Waals surface area contributed by atoms with E-state index in [9.17, 15) is 4.79 Å². The Balaban J connectivity index is 4.31. The Morgan fingerprint density at radius 3 is 1.36 bits per heavy atom. The minimum absolute atomic E-state index is 0.852. The summed E-state index contributed by atoms with van der Waals surface area (Å²) in [5.41, 5.74) is 0. The van der Waals surface area contributed by atoms with E-state index >= 15 is 0 Å². The van der Waals surface area contributed by atoms with Crippen LogP contribution in [0.15, 0.2) is 0 Å². The minimum Gasteiger partial charge on any atom is -0.394 e. The van der Waals surface area contributed by atoms with Crippen LogP contribution in [-0.2, 0) is 4.79 Å². The van der Waals surface area contributed by atoms with Crippen molar-refractivity contribution in [3.63, 3.8) is 0 Å². The van der Waals surface area contributed by atoms with Crippen molar-refractivity contribution in [2.24, 2.45) is 0 Å². The highest BCUT2D eigenvalue weighted by Gasteiger charge is 2.32. The molecule has 0 spiro atoms. The number of Topliss-reactive ketones (excluding diaryl/α,β-unsaturated/α-hetero) is 1. The van der Waals surface area contributed by atoms with Crippen LogP contribution in [0.4, 0.5) is 0 Å². The second kappa shape index (κ2) is 6.02. The summed E-state index contributed by atoms with van der Waals surface area (Å²) in [7, 11) is 0. The molecule has 0 aromatic carbocycles. The Hall–Kier alpha value is -0.570. The van der Waals surface area contributed by atoms with Crippen molar-refractivity contribution in [3.8, 4) is 0 Å². The quantitative estimate of drug-likeness (QED) is 0.262. The summed E-state index contributed by atoms with van der Waals surface area (Å²) in [6.07, 6.45) is -7.42. The highest BCUT2D eigenvalue weighted by Crippen LogP contribution is 2.02. The summed E-state index contributed by atoms with van der Waals surface area (Å²) < 4.78 is 0. The van der Waals surface area contributed by atoms with Gasteiger partial charge in [0.2, 0.25) is 0 Å². The van der Waals surface area contributed by atoms with Crippen LogP contribution in [0.1, 0.15) is 0 Å². The van der Waals surface area contributed by atoms with Crippen molar-refractivity contribution >= 4 is 5.78 Å². The number of ketones is 1. The maximum absolute atomic E-state index is 11.0. The maximum atomic E-state index is 11.0.